The van der Waals surface area contributed by atoms with Crippen molar-refractivity contribution >= 4 is 39.1 Å². The fraction of sp³-hybridized carbons (Fsp3) is 0.355. The van der Waals surface area contributed by atoms with E-state index in [0.717, 1.165) is 54.1 Å². The summed E-state index contributed by atoms with van der Waals surface area (Å²) in [4.78, 5) is 28.7. The molecule has 4 rings (SSSR count). The molecule has 0 spiro atoms. The highest BCUT2D eigenvalue weighted by Gasteiger charge is 2.33. The predicted octanol–water partition coefficient (Wildman–Crippen LogP) is 5.85. The summed E-state index contributed by atoms with van der Waals surface area (Å²) in [6.45, 7) is 2.86. The summed E-state index contributed by atoms with van der Waals surface area (Å²) in [5.74, 6) is -1.45. The lowest BCUT2D eigenvalue weighted by Gasteiger charge is -2.33. The fourth-order valence-corrected chi connectivity index (χ4v) is 6.54. The van der Waals surface area contributed by atoms with E-state index in [0.29, 0.717) is 10.6 Å². The number of hydrogen-bond donors (Lipinski definition) is 1. The molecule has 7 nitrogen and oxygen atoms in total. The van der Waals surface area contributed by atoms with Crippen molar-refractivity contribution in [2.75, 3.05) is 10.8 Å². The van der Waals surface area contributed by atoms with E-state index >= 15 is 0 Å². The summed E-state index contributed by atoms with van der Waals surface area (Å²) in [6, 6.07) is 17.3. The summed E-state index contributed by atoms with van der Waals surface area (Å²) in [5.41, 5.74) is 1.61. The number of amides is 2. The highest BCUT2D eigenvalue weighted by atomic mass is 35.5. The maximum absolute atomic E-state index is 14.0. The second-order valence-corrected chi connectivity index (χ2v) is 12.7. The molecule has 0 radical (unpaired) electrons. The van der Waals surface area contributed by atoms with Crippen LogP contribution < -0.4 is 9.62 Å². The number of carbonyl (C=O) groups excluding carboxylic acids is 2. The zero-order valence-electron chi connectivity index (χ0n) is 23.2. The van der Waals surface area contributed by atoms with Gasteiger partial charge in [0.1, 0.15) is 18.4 Å². The molecule has 1 atom stereocenters. The van der Waals surface area contributed by atoms with E-state index in [9.17, 15) is 22.4 Å². The number of halogens is 2. The van der Waals surface area contributed by atoms with Gasteiger partial charge in [-0.2, -0.15) is 0 Å². The third kappa shape index (κ3) is 7.65. The molecule has 41 heavy (non-hydrogen) atoms. The summed E-state index contributed by atoms with van der Waals surface area (Å²) in [7, 11) is -4.23. The van der Waals surface area contributed by atoms with Crippen molar-refractivity contribution in [3.63, 3.8) is 0 Å². The van der Waals surface area contributed by atoms with Crippen LogP contribution in [0.3, 0.4) is 0 Å². The van der Waals surface area contributed by atoms with Crippen LogP contribution in [0.15, 0.2) is 77.7 Å². The van der Waals surface area contributed by atoms with Gasteiger partial charge in [0.25, 0.3) is 10.0 Å². The second kappa shape index (κ2) is 13.5. The largest absolute Gasteiger partial charge is 0.352 e. The minimum absolute atomic E-state index is 0.000400. The first-order valence-electron chi connectivity index (χ1n) is 13.7. The topological polar surface area (TPSA) is 86.8 Å². The molecule has 0 saturated heterocycles. The lowest BCUT2D eigenvalue weighted by atomic mass is 9.95. The Bertz CT molecular complexity index is 1460. The Hall–Kier alpha value is -3.43. The van der Waals surface area contributed by atoms with Gasteiger partial charge in [-0.25, -0.2) is 12.8 Å². The molecule has 0 unspecified atom stereocenters. The average Bonchev–Trinajstić information content (AvgIpc) is 2.96. The van der Waals surface area contributed by atoms with Crippen molar-refractivity contribution < 1.29 is 22.4 Å². The first-order chi connectivity index (χ1) is 19.6. The highest BCUT2D eigenvalue weighted by Crippen LogP contribution is 2.26. The molecular weight excluding hydrogens is 565 g/mol. The van der Waals surface area contributed by atoms with Crippen LogP contribution in [0.2, 0.25) is 5.02 Å². The van der Waals surface area contributed by atoms with Crippen molar-refractivity contribution in [1.29, 1.82) is 0 Å². The number of benzene rings is 3. The van der Waals surface area contributed by atoms with E-state index in [2.05, 4.69) is 5.32 Å². The van der Waals surface area contributed by atoms with E-state index in [1.165, 1.54) is 29.2 Å². The van der Waals surface area contributed by atoms with Gasteiger partial charge in [0.05, 0.1) is 10.6 Å². The molecule has 3 aromatic rings. The molecule has 10 heteroatoms. The number of hydrogen-bond acceptors (Lipinski definition) is 4. The third-order valence-electron chi connectivity index (χ3n) is 7.42. The molecule has 1 fully saturated rings. The van der Waals surface area contributed by atoms with Crippen molar-refractivity contribution in [2.24, 2.45) is 0 Å². The van der Waals surface area contributed by atoms with E-state index < -0.39 is 34.3 Å². The fourth-order valence-electron chi connectivity index (χ4n) is 4.94. The predicted molar refractivity (Wildman–Crippen MR) is 159 cm³/mol. The van der Waals surface area contributed by atoms with Gasteiger partial charge < -0.3 is 10.2 Å². The molecule has 2 amide bonds. The van der Waals surface area contributed by atoms with Crippen LogP contribution in [0.25, 0.3) is 0 Å². The van der Waals surface area contributed by atoms with E-state index in [-0.39, 0.29) is 29.1 Å². The molecule has 1 saturated carbocycles. The van der Waals surface area contributed by atoms with Crippen LogP contribution >= 0.6 is 11.6 Å². The van der Waals surface area contributed by atoms with Gasteiger partial charge in [-0.1, -0.05) is 66.8 Å². The van der Waals surface area contributed by atoms with Crippen LogP contribution in [0.4, 0.5) is 10.1 Å². The maximum atomic E-state index is 14.0. The molecule has 0 bridgehead atoms. The van der Waals surface area contributed by atoms with Crippen molar-refractivity contribution in [2.45, 2.75) is 69.5 Å². The van der Waals surface area contributed by atoms with Gasteiger partial charge in [-0.05, 0) is 74.7 Å². The first-order valence-corrected chi connectivity index (χ1v) is 15.6. The summed E-state index contributed by atoms with van der Waals surface area (Å²) in [6.07, 6.45) is 4.96. The first kappa shape index (κ1) is 30.5. The molecular formula is C31H35ClFN3O4S. The van der Waals surface area contributed by atoms with Crippen LogP contribution in [0.1, 0.15) is 50.2 Å². The third-order valence-corrected chi connectivity index (χ3v) is 9.58. The Morgan fingerprint density at radius 1 is 0.976 bits per heavy atom. The van der Waals surface area contributed by atoms with E-state index in [4.69, 9.17) is 11.6 Å². The van der Waals surface area contributed by atoms with Crippen LogP contribution in [0.5, 0.6) is 0 Å². The number of aryl methyl sites for hydroxylation is 1. The molecule has 1 aliphatic carbocycles. The maximum Gasteiger partial charge on any atom is 0.264 e. The van der Waals surface area contributed by atoms with Crippen LogP contribution in [-0.2, 0) is 26.2 Å². The second-order valence-electron chi connectivity index (χ2n) is 10.4. The monoisotopic (exact) mass is 599 g/mol. The Morgan fingerprint density at radius 3 is 2.24 bits per heavy atom. The molecule has 218 valence electrons. The summed E-state index contributed by atoms with van der Waals surface area (Å²) < 4.78 is 42.4. The lowest BCUT2D eigenvalue weighted by molar-refractivity contribution is -0.139. The Labute approximate surface area is 246 Å². The highest BCUT2D eigenvalue weighted by molar-refractivity contribution is 7.92. The molecule has 0 aliphatic heterocycles. The van der Waals surface area contributed by atoms with Crippen molar-refractivity contribution in [3.8, 4) is 0 Å². The average molecular weight is 600 g/mol. The smallest absolute Gasteiger partial charge is 0.264 e. The number of rotatable bonds is 10. The number of anilines is 1. The van der Waals surface area contributed by atoms with Gasteiger partial charge in [0.2, 0.25) is 11.8 Å². The number of carbonyl (C=O) groups is 2. The number of nitrogens with zero attached hydrogens (tertiary/aromatic N) is 2. The van der Waals surface area contributed by atoms with Crippen LogP contribution in [-0.4, -0.2) is 43.8 Å². The molecule has 0 heterocycles. The Kier molecular flexibility index (Phi) is 10.0. The van der Waals surface area contributed by atoms with E-state index in [1.807, 2.05) is 6.92 Å². The zero-order chi connectivity index (χ0) is 29.6. The number of nitrogens with one attached hydrogen (secondary N) is 1. The van der Waals surface area contributed by atoms with Gasteiger partial charge in [0.15, 0.2) is 0 Å². The standard InChI is InChI=1S/C31H35ClFN3O4S/c1-22-12-18-28(19-13-22)41(39,40)36(27-16-14-25(33)15-17-27)21-30(37)35(20-24-8-6-7-11-29(24)32)23(2)31(38)34-26-9-4-3-5-10-26/h6-8,11-19,23,26H,3-5,9-10,20-21H2,1-2H3,(H,34,38)/t23-/m0/s1. The SMILES string of the molecule is Cc1ccc(S(=O)(=O)N(CC(=O)N(Cc2ccccc2Cl)[C@@H](C)C(=O)NC2CCCCC2)c2ccc(F)cc2)cc1. The van der Waals surface area contributed by atoms with Crippen LogP contribution in [0, 0.1) is 12.7 Å². The Morgan fingerprint density at radius 2 is 1.61 bits per heavy atom. The summed E-state index contributed by atoms with van der Waals surface area (Å²) in [5, 5.41) is 3.49. The van der Waals surface area contributed by atoms with Gasteiger partial charge >= 0.3 is 0 Å². The van der Waals surface area contributed by atoms with Gasteiger partial charge in [0, 0.05) is 17.6 Å². The number of sulfonamides is 1. The molecule has 1 N–H and O–H groups in total. The molecule has 3 aromatic carbocycles. The summed E-state index contributed by atoms with van der Waals surface area (Å²) >= 11 is 6.41. The van der Waals surface area contributed by atoms with Gasteiger partial charge in [-0.3, -0.25) is 13.9 Å². The van der Waals surface area contributed by atoms with Crippen molar-refractivity contribution in [1.82, 2.24) is 10.2 Å². The zero-order valence-corrected chi connectivity index (χ0v) is 24.8. The molecule has 1 aliphatic rings. The minimum Gasteiger partial charge on any atom is -0.352 e. The lowest BCUT2D eigenvalue weighted by Crippen LogP contribution is -2.53. The normalized spacial score (nSPS) is 14.7. The minimum atomic E-state index is -4.23. The Balaban J connectivity index is 1.68. The van der Waals surface area contributed by atoms with Gasteiger partial charge in [-0.15, -0.1) is 0 Å². The molecule has 0 aromatic heterocycles. The van der Waals surface area contributed by atoms with E-state index in [1.54, 1.807) is 43.3 Å². The quantitative estimate of drug-likeness (QED) is 0.317. The van der Waals surface area contributed by atoms with Crippen molar-refractivity contribution in [3.05, 3.63) is 94.8 Å².